The molecule has 0 fully saturated rings. The quantitative estimate of drug-likeness (QED) is 0.403. The highest BCUT2D eigenvalue weighted by atomic mass is 32.2. The number of hydrogen-bond acceptors (Lipinski definition) is 9. The first-order valence-corrected chi connectivity index (χ1v) is 11.5. The van der Waals surface area contributed by atoms with Crippen LogP contribution in [-0.2, 0) is 0 Å². The largest absolute Gasteiger partial charge is 0.493 e. The van der Waals surface area contributed by atoms with E-state index in [1.54, 1.807) is 37.4 Å². The fourth-order valence-corrected chi connectivity index (χ4v) is 3.80. The van der Waals surface area contributed by atoms with Crippen LogP contribution in [0.4, 0.5) is 10.5 Å². The summed E-state index contributed by atoms with van der Waals surface area (Å²) in [7, 11) is 1.53. The van der Waals surface area contributed by atoms with Crippen LogP contribution < -0.4 is 14.2 Å². The van der Waals surface area contributed by atoms with Crippen LogP contribution in [0.15, 0.2) is 50.9 Å². The average molecular weight is 483 g/mol. The molecule has 34 heavy (non-hydrogen) atoms. The van der Waals surface area contributed by atoms with E-state index < -0.39 is 6.09 Å². The van der Waals surface area contributed by atoms with E-state index in [9.17, 15) is 9.90 Å². The lowest BCUT2D eigenvalue weighted by Gasteiger charge is -2.15. The van der Waals surface area contributed by atoms with Gasteiger partial charge in [-0.3, -0.25) is 0 Å². The Balaban J connectivity index is 1.81. The van der Waals surface area contributed by atoms with E-state index in [4.69, 9.17) is 23.7 Å². The maximum absolute atomic E-state index is 11.4. The van der Waals surface area contributed by atoms with Crippen molar-refractivity contribution in [1.82, 2.24) is 10.1 Å². The molecule has 4 rings (SSSR count). The molecule has 1 aromatic heterocycles. The van der Waals surface area contributed by atoms with Crippen LogP contribution in [0.2, 0.25) is 0 Å². The highest BCUT2D eigenvalue weighted by Crippen LogP contribution is 2.40. The van der Waals surface area contributed by atoms with Crippen molar-refractivity contribution >= 4 is 34.3 Å². The Morgan fingerprint density at radius 2 is 1.94 bits per heavy atom. The van der Waals surface area contributed by atoms with Gasteiger partial charge in [0, 0.05) is 24.5 Å². The summed E-state index contributed by atoms with van der Waals surface area (Å²) in [5, 5.41) is 13.5. The topological polar surface area (TPSA) is 129 Å². The first-order chi connectivity index (χ1) is 16.5. The van der Waals surface area contributed by atoms with Crippen LogP contribution in [0.25, 0.3) is 11.4 Å². The number of nitrogens with zero attached hydrogens (tertiary/aromatic N) is 4. The van der Waals surface area contributed by atoms with Gasteiger partial charge < -0.3 is 23.8 Å². The number of rotatable bonds is 5. The Hall–Kier alpha value is -3.86. The SMILES string of the molecule is COc1cc(C(=Nc2ccc(-c3noc(C)n3)cc2)C(=NC(=O)O)SC)cc2c1OCCCO2. The molecule has 2 aromatic carbocycles. The smallest absolute Gasteiger partial charge is 0.432 e. The molecule has 176 valence electrons. The molecule has 2 heterocycles. The van der Waals surface area contributed by atoms with Gasteiger partial charge in [-0.05, 0) is 42.7 Å². The predicted octanol–water partition coefficient (Wildman–Crippen LogP) is 4.78. The molecule has 1 N–H and O–H groups in total. The zero-order valence-corrected chi connectivity index (χ0v) is 19.6. The summed E-state index contributed by atoms with van der Waals surface area (Å²) in [5.74, 6) is 2.40. The number of fused-ring (bicyclic) bond motifs is 1. The second kappa shape index (κ2) is 10.4. The standard InChI is InChI=1S/C23H22N4O6S/c1-13-24-21(27-33-13)14-5-7-16(8-6-14)25-19(22(34-3)26-23(28)29)15-11-17(30-2)20-18(12-15)31-9-4-10-32-20/h5-8,11-12H,4,9-10H2,1-3H3,(H,28,29). The fourth-order valence-electron chi connectivity index (χ4n) is 3.28. The van der Waals surface area contributed by atoms with Crippen LogP contribution in [0.3, 0.4) is 0 Å². The molecular weight excluding hydrogens is 460 g/mol. The number of aromatic nitrogens is 2. The van der Waals surface area contributed by atoms with E-state index in [2.05, 4.69) is 15.1 Å². The molecule has 0 spiro atoms. The van der Waals surface area contributed by atoms with E-state index >= 15 is 0 Å². The molecular formula is C23H22N4O6S. The van der Waals surface area contributed by atoms with Crippen molar-refractivity contribution in [2.24, 2.45) is 9.98 Å². The van der Waals surface area contributed by atoms with Gasteiger partial charge in [-0.2, -0.15) is 9.98 Å². The summed E-state index contributed by atoms with van der Waals surface area (Å²) < 4.78 is 22.2. The first kappa shape index (κ1) is 23.3. The van der Waals surface area contributed by atoms with Gasteiger partial charge in [-0.25, -0.2) is 9.79 Å². The molecule has 0 saturated carbocycles. The van der Waals surface area contributed by atoms with Gasteiger partial charge in [0.1, 0.15) is 10.8 Å². The zero-order valence-electron chi connectivity index (χ0n) is 18.8. The molecule has 0 bridgehead atoms. The van der Waals surface area contributed by atoms with E-state index in [1.807, 2.05) is 12.1 Å². The average Bonchev–Trinajstić information content (AvgIpc) is 3.13. The minimum atomic E-state index is -1.32. The summed E-state index contributed by atoms with van der Waals surface area (Å²) >= 11 is 1.17. The summed E-state index contributed by atoms with van der Waals surface area (Å²) in [6, 6.07) is 10.7. The van der Waals surface area contributed by atoms with Gasteiger partial charge in [0.2, 0.25) is 17.5 Å². The Morgan fingerprint density at radius 3 is 2.59 bits per heavy atom. The van der Waals surface area contributed by atoms with Crippen molar-refractivity contribution in [3.63, 3.8) is 0 Å². The summed E-state index contributed by atoms with van der Waals surface area (Å²) in [6.07, 6.45) is 1.15. The molecule has 11 heteroatoms. The van der Waals surface area contributed by atoms with Crippen LogP contribution in [0.1, 0.15) is 17.9 Å². The van der Waals surface area contributed by atoms with Crippen molar-refractivity contribution in [3.8, 4) is 28.6 Å². The monoisotopic (exact) mass is 482 g/mol. The molecule has 0 saturated heterocycles. The van der Waals surface area contributed by atoms with Crippen LogP contribution in [-0.4, -0.2) is 58.7 Å². The van der Waals surface area contributed by atoms with Crippen LogP contribution in [0, 0.1) is 6.92 Å². The Kier molecular flexibility index (Phi) is 7.12. The molecule has 1 aliphatic heterocycles. The van der Waals surface area contributed by atoms with Crippen LogP contribution >= 0.6 is 11.8 Å². The molecule has 3 aromatic rings. The van der Waals surface area contributed by atoms with Crippen molar-refractivity contribution in [3.05, 3.63) is 47.9 Å². The predicted molar refractivity (Wildman–Crippen MR) is 128 cm³/mol. The van der Waals surface area contributed by atoms with Crippen LogP contribution in [0.5, 0.6) is 17.2 Å². The number of amides is 1. The second-order valence-electron chi connectivity index (χ2n) is 7.10. The van der Waals surface area contributed by atoms with E-state index in [0.29, 0.717) is 59.1 Å². The Labute approximate surface area is 199 Å². The normalized spacial score (nSPS) is 14.0. The molecule has 0 aliphatic carbocycles. The summed E-state index contributed by atoms with van der Waals surface area (Å²) in [5.41, 5.74) is 2.27. The Morgan fingerprint density at radius 1 is 1.18 bits per heavy atom. The van der Waals surface area contributed by atoms with Crippen molar-refractivity contribution in [2.45, 2.75) is 13.3 Å². The van der Waals surface area contributed by atoms with E-state index in [-0.39, 0.29) is 5.04 Å². The zero-order chi connectivity index (χ0) is 24.1. The molecule has 0 unspecified atom stereocenters. The number of methoxy groups -OCH3 is 1. The minimum Gasteiger partial charge on any atom is -0.493 e. The highest BCUT2D eigenvalue weighted by Gasteiger charge is 2.22. The van der Waals surface area contributed by atoms with Crippen molar-refractivity contribution < 1.29 is 28.6 Å². The number of thioether (sulfide) groups is 1. The number of aliphatic imine (C=N–C) groups is 2. The highest BCUT2D eigenvalue weighted by molar-refractivity contribution is 8.15. The van der Waals surface area contributed by atoms with Gasteiger partial charge in [-0.15, -0.1) is 11.8 Å². The second-order valence-corrected chi connectivity index (χ2v) is 7.90. The molecule has 1 aliphatic rings. The number of benzene rings is 2. The molecule has 0 radical (unpaired) electrons. The third-order valence-corrected chi connectivity index (χ3v) is 5.47. The third kappa shape index (κ3) is 5.20. The van der Waals surface area contributed by atoms with Gasteiger partial charge in [0.05, 0.1) is 26.0 Å². The number of carboxylic acid groups (broad SMARTS) is 1. The third-order valence-electron chi connectivity index (χ3n) is 4.79. The number of ether oxygens (including phenoxy) is 3. The van der Waals surface area contributed by atoms with Gasteiger partial charge >= 0.3 is 6.09 Å². The summed E-state index contributed by atoms with van der Waals surface area (Å²) in [6.45, 7) is 2.71. The fraction of sp³-hybridized carbons (Fsp3) is 0.261. The van der Waals surface area contributed by atoms with Crippen molar-refractivity contribution in [1.29, 1.82) is 0 Å². The van der Waals surface area contributed by atoms with Gasteiger partial charge in [0.25, 0.3) is 0 Å². The van der Waals surface area contributed by atoms with E-state index in [1.165, 1.54) is 18.9 Å². The maximum atomic E-state index is 11.4. The summed E-state index contributed by atoms with van der Waals surface area (Å²) in [4.78, 5) is 24.1. The van der Waals surface area contributed by atoms with Gasteiger partial charge in [0.15, 0.2) is 11.5 Å². The van der Waals surface area contributed by atoms with Crippen molar-refractivity contribution in [2.75, 3.05) is 26.6 Å². The molecule has 0 atom stereocenters. The molecule has 10 nitrogen and oxygen atoms in total. The lowest BCUT2D eigenvalue weighted by Crippen LogP contribution is -2.14. The number of hydrogen-bond donors (Lipinski definition) is 1. The number of carbonyl (C=O) groups is 1. The lowest BCUT2D eigenvalue weighted by atomic mass is 10.1. The number of aryl methyl sites for hydroxylation is 1. The van der Waals surface area contributed by atoms with E-state index in [0.717, 1.165) is 12.0 Å². The lowest BCUT2D eigenvalue weighted by molar-refractivity contribution is 0.206. The first-order valence-electron chi connectivity index (χ1n) is 10.3. The molecule has 1 amide bonds. The maximum Gasteiger partial charge on any atom is 0.432 e. The minimum absolute atomic E-state index is 0.224. The van der Waals surface area contributed by atoms with Gasteiger partial charge in [-0.1, -0.05) is 5.16 Å². The Bertz CT molecular complexity index is 1250.